The van der Waals surface area contributed by atoms with Crippen LogP contribution in [0.3, 0.4) is 0 Å². The first-order valence-corrected chi connectivity index (χ1v) is 6.20. The van der Waals surface area contributed by atoms with Crippen LogP contribution in [-0.4, -0.2) is 6.54 Å². The van der Waals surface area contributed by atoms with Gasteiger partial charge in [0.2, 0.25) is 0 Å². The Kier molecular flexibility index (Phi) is 3.79. The quantitative estimate of drug-likeness (QED) is 0.772. The van der Waals surface area contributed by atoms with E-state index in [9.17, 15) is 0 Å². The number of nitrogens with one attached hydrogen (secondary N) is 1. The maximum atomic E-state index is 3.69. The number of hydrogen-bond acceptors (Lipinski definition) is 1. The number of rotatable bonds is 5. The summed E-state index contributed by atoms with van der Waals surface area (Å²) in [6.45, 7) is 3.37. The molecule has 0 aromatic heterocycles. The van der Waals surface area contributed by atoms with Crippen molar-refractivity contribution in [2.75, 3.05) is 6.54 Å². The molecule has 1 aromatic rings. The zero-order chi connectivity index (χ0) is 10.5. The van der Waals surface area contributed by atoms with Crippen LogP contribution in [0.5, 0.6) is 0 Å². The fourth-order valence-corrected chi connectivity index (χ4v) is 2.29. The van der Waals surface area contributed by atoms with Crippen LogP contribution >= 0.6 is 0 Å². The summed E-state index contributed by atoms with van der Waals surface area (Å²) < 4.78 is 0. The van der Waals surface area contributed by atoms with Gasteiger partial charge in [-0.2, -0.15) is 0 Å². The molecule has 1 N–H and O–H groups in total. The first kappa shape index (κ1) is 10.7. The van der Waals surface area contributed by atoms with Crippen molar-refractivity contribution in [3.63, 3.8) is 0 Å². The molecule has 1 atom stereocenters. The summed E-state index contributed by atoms with van der Waals surface area (Å²) in [5, 5.41) is 3.69. The van der Waals surface area contributed by atoms with Gasteiger partial charge in [-0.15, -0.1) is 0 Å². The summed E-state index contributed by atoms with van der Waals surface area (Å²) in [7, 11) is 0. The smallest absolute Gasteiger partial charge is 0.0348 e. The number of hydrogen-bond donors (Lipinski definition) is 1. The van der Waals surface area contributed by atoms with Gasteiger partial charge in [-0.25, -0.2) is 0 Å². The van der Waals surface area contributed by atoms with Crippen LogP contribution in [0.2, 0.25) is 0 Å². The molecule has 0 amide bonds. The van der Waals surface area contributed by atoms with Gasteiger partial charge in [0.25, 0.3) is 0 Å². The highest BCUT2D eigenvalue weighted by Gasteiger charge is 2.27. The van der Waals surface area contributed by atoms with Gasteiger partial charge in [0.1, 0.15) is 0 Å². The van der Waals surface area contributed by atoms with Crippen molar-refractivity contribution in [3.8, 4) is 0 Å². The maximum Gasteiger partial charge on any atom is 0.0348 e. The molecule has 1 nitrogen and oxygen atoms in total. The summed E-state index contributed by atoms with van der Waals surface area (Å²) in [5.41, 5.74) is 1.47. The molecular formula is C14H21N. The van der Waals surface area contributed by atoms with Crippen LogP contribution in [0.1, 0.15) is 44.2 Å². The van der Waals surface area contributed by atoms with Crippen molar-refractivity contribution >= 4 is 0 Å². The lowest BCUT2D eigenvalue weighted by molar-refractivity contribution is 0.231. The molecule has 1 heteroatoms. The van der Waals surface area contributed by atoms with E-state index in [1.54, 1.807) is 0 Å². The second-order valence-corrected chi connectivity index (χ2v) is 4.53. The molecule has 82 valence electrons. The lowest BCUT2D eigenvalue weighted by atomic mass is 9.77. The molecular weight excluding hydrogens is 182 g/mol. The Labute approximate surface area is 92.9 Å². The van der Waals surface area contributed by atoms with E-state index in [0.29, 0.717) is 6.04 Å². The predicted octanol–water partition coefficient (Wildman–Crippen LogP) is 3.53. The SMILES string of the molecule is CCCNC(c1ccccc1)C1CCC1. The molecule has 1 aliphatic rings. The third-order valence-corrected chi connectivity index (χ3v) is 3.39. The van der Waals surface area contributed by atoms with Gasteiger partial charge in [-0.3, -0.25) is 0 Å². The second-order valence-electron chi connectivity index (χ2n) is 4.53. The van der Waals surface area contributed by atoms with Gasteiger partial charge in [0.15, 0.2) is 0 Å². The minimum absolute atomic E-state index is 0.597. The fourth-order valence-electron chi connectivity index (χ4n) is 2.29. The molecule has 1 aromatic carbocycles. The lowest BCUT2D eigenvalue weighted by Gasteiger charge is -2.34. The molecule has 2 rings (SSSR count). The Hall–Kier alpha value is -0.820. The van der Waals surface area contributed by atoms with Crippen molar-refractivity contribution in [1.82, 2.24) is 5.32 Å². The molecule has 0 aliphatic heterocycles. The Morgan fingerprint density at radius 2 is 2.00 bits per heavy atom. The molecule has 0 spiro atoms. The van der Waals surface area contributed by atoms with E-state index in [2.05, 4.69) is 42.6 Å². The zero-order valence-corrected chi connectivity index (χ0v) is 9.58. The summed E-state index contributed by atoms with van der Waals surface area (Å²) >= 11 is 0. The molecule has 0 radical (unpaired) electrons. The van der Waals surface area contributed by atoms with Crippen molar-refractivity contribution in [2.45, 2.75) is 38.6 Å². The van der Waals surface area contributed by atoms with Crippen molar-refractivity contribution in [1.29, 1.82) is 0 Å². The standard InChI is InChI=1S/C14H21N/c1-2-11-15-14(13-9-6-10-13)12-7-4-3-5-8-12/h3-5,7-8,13-15H,2,6,9-11H2,1H3. The Morgan fingerprint density at radius 1 is 1.27 bits per heavy atom. The van der Waals surface area contributed by atoms with Crippen LogP contribution in [-0.2, 0) is 0 Å². The second kappa shape index (κ2) is 5.32. The van der Waals surface area contributed by atoms with E-state index in [1.807, 2.05) is 0 Å². The molecule has 0 bridgehead atoms. The van der Waals surface area contributed by atoms with Crippen LogP contribution in [0.25, 0.3) is 0 Å². The van der Waals surface area contributed by atoms with E-state index in [4.69, 9.17) is 0 Å². The molecule has 1 aliphatic carbocycles. The lowest BCUT2D eigenvalue weighted by Crippen LogP contribution is -2.32. The molecule has 1 fully saturated rings. The highest BCUT2D eigenvalue weighted by molar-refractivity contribution is 5.20. The fraction of sp³-hybridized carbons (Fsp3) is 0.571. The Balaban J connectivity index is 2.04. The van der Waals surface area contributed by atoms with Gasteiger partial charge in [0.05, 0.1) is 0 Å². The topological polar surface area (TPSA) is 12.0 Å². The van der Waals surface area contributed by atoms with Gasteiger partial charge in [-0.1, -0.05) is 43.7 Å². The van der Waals surface area contributed by atoms with Crippen LogP contribution in [0.15, 0.2) is 30.3 Å². The molecule has 0 saturated heterocycles. The summed E-state index contributed by atoms with van der Waals surface area (Å²) in [5.74, 6) is 0.874. The third-order valence-electron chi connectivity index (χ3n) is 3.39. The largest absolute Gasteiger partial charge is 0.310 e. The highest BCUT2D eigenvalue weighted by atomic mass is 14.9. The monoisotopic (exact) mass is 203 g/mol. The van der Waals surface area contributed by atoms with Gasteiger partial charge in [-0.05, 0) is 37.3 Å². The third kappa shape index (κ3) is 2.60. The van der Waals surface area contributed by atoms with Gasteiger partial charge in [0, 0.05) is 6.04 Å². The van der Waals surface area contributed by atoms with Crippen LogP contribution in [0.4, 0.5) is 0 Å². The molecule has 15 heavy (non-hydrogen) atoms. The summed E-state index contributed by atoms with van der Waals surface area (Å²) in [6, 6.07) is 11.5. The Bertz CT molecular complexity index is 277. The first-order valence-electron chi connectivity index (χ1n) is 6.20. The number of benzene rings is 1. The minimum atomic E-state index is 0.597. The van der Waals surface area contributed by atoms with Gasteiger partial charge >= 0.3 is 0 Å². The van der Waals surface area contributed by atoms with Crippen molar-refractivity contribution in [2.24, 2.45) is 5.92 Å². The normalized spacial score (nSPS) is 18.5. The zero-order valence-electron chi connectivity index (χ0n) is 9.58. The van der Waals surface area contributed by atoms with E-state index in [1.165, 1.54) is 31.2 Å². The first-order chi connectivity index (χ1) is 7.42. The van der Waals surface area contributed by atoms with Crippen molar-refractivity contribution in [3.05, 3.63) is 35.9 Å². The summed E-state index contributed by atoms with van der Waals surface area (Å²) in [4.78, 5) is 0. The van der Waals surface area contributed by atoms with E-state index < -0.39 is 0 Å². The Morgan fingerprint density at radius 3 is 2.53 bits per heavy atom. The van der Waals surface area contributed by atoms with Gasteiger partial charge < -0.3 is 5.32 Å². The maximum absolute atomic E-state index is 3.69. The predicted molar refractivity (Wildman–Crippen MR) is 64.8 cm³/mol. The average molecular weight is 203 g/mol. The summed E-state index contributed by atoms with van der Waals surface area (Å²) in [6.07, 6.45) is 5.43. The van der Waals surface area contributed by atoms with E-state index >= 15 is 0 Å². The van der Waals surface area contributed by atoms with E-state index in [0.717, 1.165) is 12.5 Å². The minimum Gasteiger partial charge on any atom is -0.310 e. The molecule has 0 heterocycles. The molecule has 1 unspecified atom stereocenters. The van der Waals surface area contributed by atoms with E-state index in [-0.39, 0.29) is 0 Å². The van der Waals surface area contributed by atoms with Crippen LogP contribution < -0.4 is 5.32 Å². The van der Waals surface area contributed by atoms with Crippen LogP contribution in [0, 0.1) is 5.92 Å². The highest BCUT2D eigenvalue weighted by Crippen LogP contribution is 2.37. The molecule has 1 saturated carbocycles. The average Bonchev–Trinajstić information content (AvgIpc) is 2.22. The van der Waals surface area contributed by atoms with Crippen molar-refractivity contribution < 1.29 is 0 Å².